The predicted molar refractivity (Wildman–Crippen MR) is 96.1 cm³/mol. The summed E-state index contributed by atoms with van der Waals surface area (Å²) in [4.78, 5) is 2.91. The smallest absolute Gasteiger partial charge is 0.0247 e. The van der Waals surface area contributed by atoms with E-state index in [1.165, 1.54) is 45.2 Å². The summed E-state index contributed by atoms with van der Waals surface area (Å²) in [5, 5.41) is 4.69. The fourth-order valence-corrected chi connectivity index (χ4v) is 5.33. The highest BCUT2D eigenvalue weighted by Gasteiger charge is 2.38. The summed E-state index contributed by atoms with van der Waals surface area (Å²) >= 11 is 2.11. The molecular formula is C18H36N2S. The second-order valence-corrected chi connectivity index (χ2v) is 8.95. The van der Waals surface area contributed by atoms with Gasteiger partial charge in [-0.2, -0.15) is 11.8 Å². The third kappa shape index (κ3) is 4.62. The van der Waals surface area contributed by atoms with E-state index < -0.39 is 0 Å². The van der Waals surface area contributed by atoms with E-state index in [1.807, 2.05) is 0 Å². The lowest BCUT2D eigenvalue weighted by Gasteiger charge is -2.50. The average molecular weight is 313 g/mol. The molecule has 3 heteroatoms. The Morgan fingerprint density at radius 2 is 1.86 bits per heavy atom. The van der Waals surface area contributed by atoms with Crippen LogP contribution in [0, 0.1) is 11.8 Å². The fourth-order valence-electron chi connectivity index (χ4n) is 4.32. The molecule has 2 aliphatic rings. The predicted octanol–water partition coefficient (Wildman–Crippen LogP) is 4.01. The van der Waals surface area contributed by atoms with Crippen molar-refractivity contribution < 1.29 is 0 Å². The van der Waals surface area contributed by atoms with Crippen molar-refractivity contribution in [3.05, 3.63) is 0 Å². The molecule has 0 aromatic carbocycles. The van der Waals surface area contributed by atoms with Crippen molar-refractivity contribution in [1.82, 2.24) is 10.2 Å². The van der Waals surface area contributed by atoms with Crippen LogP contribution in [0.3, 0.4) is 0 Å². The van der Waals surface area contributed by atoms with Gasteiger partial charge in [-0.05, 0) is 37.4 Å². The van der Waals surface area contributed by atoms with Gasteiger partial charge in [0.1, 0.15) is 0 Å². The van der Waals surface area contributed by atoms with E-state index in [-0.39, 0.29) is 0 Å². The van der Waals surface area contributed by atoms with E-state index >= 15 is 0 Å². The van der Waals surface area contributed by atoms with Gasteiger partial charge in [-0.15, -0.1) is 0 Å². The summed E-state index contributed by atoms with van der Waals surface area (Å²) in [6.07, 6.45) is 9.36. The Morgan fingerprint density at radius 1 is 1.14 bits per heavy atom. The van der Waals surface area contributed by atoms with E-state index in [0.717, 1.165) is 29.2 Å². The first-order valence-corrected chi connectivity index (χ1v) is 10.3. The lowest BCUT2D eigenvalue weighted by molar-refractivity contribution is 0.0383. The van der Waals surface area contributed by atoms with Crippen LogP contribution in [0.1, 0.15) is 59.8 Å². The van der Waals surface area contributed by atoms with Gasteiger partial charge >= 0.3 is 0 Å². The van der Waals surface area contributed by atoms with Crippen LogP contribution >= 0.6 is 11.8 Å². The molecule has 0 spiro atoms. The molecule has 2 nitrogen and oxygen atoms in total. The Hall–Kier alpha value is 0.270. The zero-order chi connectivity index (χ0) is 15.4. The molecular weight excluding hydrogens is 276 g/mol. The highest BCUT2D eigenvalue weighted by atomic mass is 32.2. The quantitative estimate of drug-likeness (QED) is 0.826. The molecule has 1 saturated carbocycles. The second kappa shape index (κ2) is 8.21. The Morgan fingerprint density at radius 3 is 2.48 bits per heavy atom. The lowest BCUT2D eigenvalue weighted by atomic mass is 9.87. The molecule has 21 heavy (non-hydrogen) atoms. The molecule has 4 atom stereocenters. The minimum Gasteiger partial charge on any atom is -0.311 e. The van der Waals surface area contributed by atoms with E-state index in [9.17, 15) is 0 Å². The first kappa shape index (κ1) is 17.6. The first-order chi connectivity index (χ1) is 10.0. The van der Waals surface area contributed by atoms with Crippen LogP contribution in [0.15, 0.2) is 0 Å². The molecule has 124 valence electrons. The van der Waals surface area contributed by atoms with Crippen molar-refractivity contribution in [3.63, 3.8) is 0 Å². The summed E-state index contributed by atoms with van der Waals surface area (Å²) in [5.74, 6) is 1.55. The van der Waals surface area contributed by atoms with Gasteiger partial charge < -0.3 is 5.32 Å². The summed E-state index contributed by atoms with van der Waals surface area (Å²) in [6.45, 7) is 12.0. The van der Waals surface area contributed by atoms with Crippen LogP contribution in [0.2, 0.25) is 0 Å². The molecule has 1 N–H and O–H groups in total. The molecule has 1 aliphatic heterocycles. The van der Waals surface area contributed by atoms with E-state index in [4.69, 9.17) is 0 Å². The third-order valence-electron chi connectivity index (χ3n) is 5.39. The SMILES string of the molecule is CSC1CCCCC1N1CC(CC(C)C)NCC1C(C)C. The van der Waals surface area contributed by atoms with Crippen molar-refractivity contribution in [1.29, 1.82) is 0 Å². The molecule has 0 amide bonds. The third-order valence-corrected chi connectivity index (χ3v) is 6.55. The number of nitrogens with zero attached hydrogens (tertiary/aromatic N) is 1. The Bertz CT molecular complexity index is 306. The van der Waals surface area contributed by atoms with Crippen molar-refractivity contribution >= 4 is 11.8 Å². The van der Waals surface area contributed by atoms with E-state index in [2.05, 4.69) is 55.9 Å². The summed E-state index contributed by atoms with van der Waals surface area (Å²) in [7, 11) is 0. The summed E-state index contributed by atoms with van der Waals surface area (Å²) in [6, 6.07) is 2.24. The average Bonchev–Trinajstić information content (AvgIpc) is 2.46. The van der Waals surface area contributed by atoms with Crippen LogP contribution in [-0.2, 0) is 0 Å². The largest absolute Gasteiger partial charge is 0.311 e. The molecule has 1 heterocycles. The van der Waals surface area contributed by atoms with Crippen LogP contribution in [0.4, 0.5) is 0 Å². The maximum absolute atomic E-state index is 3.84. The highest BCUT2D eigenvalue weighted by Crippen LogP contribution is 2.34. The second-order valence-electron chi connectivity index (χ2n) is 7.87. The van der Waals surface area contributed by atoms with E-state index in [0.29, 0.717) is 6.04 Å². The molecule has 2 rings (SSSR count). The molecule has 1 saturated heterocycles. The van der Waals surface area contributed by atoms with Crippen LogP contribution < -0.4 is 5.32 Å². The van der Waals surface area contributed by atoms with E-state index in [1.54, 1.807) is 0 Å². The minimum absolute atomic E-state index is 0.699. The first-order valence-electron chi connectivity index (χ1n) is 9.04. The molecule has 4 unspecified atom stereocenters. The lowest BCUT2D eigenvalue weighted by Crippen LogP contribution is -2.63. The molecule has 0 aromatic heterocycles. The van der Waals surface area contributed by atoms with Gasteiger partial charge in [0.25, 0.3) is 0 Å². The van der Waals surface area contributed by atoms with Crippen molar-refractivity contribution in [2.24, 2.45) is 11.8 Å². The molecule has 2 fully saturated rings. The molecule has 0 aromatic rings. The van der Waals surface area contributed by atoms with Crippen LogP contribution in [0.25, 0.3) is 0 Å². The zero-order valence-electron chi connectivity index (χ0n) is 14.8. The summed E-state index contributed by atoms with van der Waals surface area (Å²) < 4.78 is 0. The zero-order valence-corrected chi connectivity index (χ0v) is 15.6. The fraction of sp³-hybridized carbons (Fsp3) is 1.00. The van der Waals surface area contributed by atoms with Gasteiger partial charge in [-0.1, -0.05) is 40.5 Å². The van der Waals surface area contributed by atoms with Crippen molar-refractivity contribution in [3.8, 4) is 0 Å². The maximum atomic E-state index is 3.84. The van der Waals surface area contributed by atoms with Gasteiger partial charge in [-0.25, -0.2) is 0 Å². The highest BCUT2D eigenvalue weighted by molar-refractivity contribution is 7.99. The maximum Gasteiger partial charge on any atom is 0.0247 e. The van der Waals surface area contributed by atoms with Crippen molar-refractivity contribution in [2.45, 2.75) is 83.2 Å². The van der Waals surface area contributed by atoms with Gasteiger partial charge in [0.2, 0.25) is 0 Å². The van der Waals surface area contributed by atoms with Gasteiger partial charge in [0.15, 0.2) is 0 Å². The Balaban J connectivity index is 2.08. The number of hydrogen-bond acceptors (Lipinski definition) is 3. The summed E-state index contributed by atoms with van der Waals surface area (Å²) in [5.41, 5.74) is 0. The molecule has 0 radical (unpaired) electrons. The Kier molecular flexibility index (Phi) is 6.89. The Labute approximate surface area is 136 Å². The van der Waals surface area contributed by atoms with Gasteiger partial charge in [0, 0.05) is 36.5 Å². The molecule has 0 bridgehead atoms. The number of piperazine rings is 1. The number of thioether (sulfide) groups is 1. The standard InChI is InChI=1S/C18H36N2S/c1-13(2)10-15-12-20(17(11-19-15)14(3)4)16-8-6-7-9-18(16)21-5/h13-19H,6-12H2,1-5H3. The number of hydrogen-bond donors (Lipinski definition) is 1. The van der Waals surface area contributed by atoms with Crippen LogP contribution in [0.5, 0.6) is 0 Å². The monoisotopic (exact) mass is 312 g/mol. The van der Waals surface area contributed by atoms with Gasteiger partial charge in [-0.3, -0.25) is 4.90 Å². The van der Waals surface area contributed by atoms with Crippen LogP contribution in [-0.4, -0.2) is 47.6 Å². The minimum atomic E-state index is 0.699. The van der Waals surface area contributed by atoms with Gasteiger partial charge in [0.05, 0.1) is 0 Å². The normalized spacial score (nSPS) is 35.6. The van der Waals surface area contributed by atoms with Crippen molar-refractivity contribution in [2.75, 3.05) is 19.3 Å². The number of rotatable bonds is 5. The molecule has 1 aliphatic carbocycles. The number of nitrogens with one attached hydrogen (secondary N) is 1. The topological polar surface area (TPSA) is 15.3 Å².